The van der Waals surface area contributed by atoms with E-state index < -0.39 is 0 Å². The van der Waals surface area contributed by atoms with Crippen molar-refractivity contribution in [2.24, 2.45) is 5.92 Å². The van der Waals surface area contributed by atoms with Gasteiger partial charge < -0.3 is 4.90 Å². The SMILES string of the molecule is CC(C)C(=O)N1CCC(c2nc3c(s2)CCCC3)CC1. The second-order valence-electron chi connectivity index (χ2n) is 6.38. The zero-order valence-corrected chi connectivity index (χ0v) is 13.3. The van der Waals surface area contributed by atoms with Gasteiger partial charge in [0, 0.05) is 29.8 Å². The zero-order chi connectivity index (χ0) is 14.1. The molecule has 4 heteroatoms. The van der Waals surface area contributed by atoms with Crippen LogP contribution in [0.5, 0.6) is 0 Å². The number of carbonyl (C=O) groups is 1. The van der Waals surface area contributed by atoms with Crippen molar-refractivity contribution in [2.45, 2.75) is 58.3 Å². The Morgan fingerprint density at radius 3 is 2.60 bits per heavy atom. The van der Waals surface area contributed by atoms with E-state index >= 15 is 0 Å². The highest BCUT2D eigenvalue weighted by atomic mass is 32.1. The molecule has 0 bridgehead atoms. The molecule has 0 atom stereocenters. The molecule has 110 valence electrons. The predicted octanol–water partition coefficient (Wildman–Crippen LogP) is 3.38. The molecule has 0 saturated carbocycles. The van der Waals surface area contributed by atoms with Crippen LogP contribution in [-0.4, -0.2) is 28.9 Å². The van der Waals surface area contributed by atoms with Gasteiger partial charge in [-0.25, -0.2) is 4.98 Å². The Balaban J connectivity index is 1.63. The first kappa shape index (κ1) is 14.1. The first-order chi connectivity index (χ1) is 9.65. The number of fused-ring (bicyclic) bond motifs is 1. The van der Waals surface area contributed by atoms with Gasteiger partial charge in [-0.1, -0.05) is 13.8 Å². The fourth-order valence-corrected chi connectivity index (χ4v) is 4.58. The molecule has 3 rings (SSSR count). The second kappa shape index (κ2) is 5.84. The Kier molecular flexibility index (Phi) is 4.11. The summed E-state index contributed by atoms with van der Waals surface area (Å²) in [4.78, 5) is 20.5. The van der Waals surface area contributed by atoms with Gasteiger partial charge in [0.15, 0.2) is 0 Å². The standard InChI is InChI=1S/C16H24N2OS/c1-11(2)16(19)18-9-7-12(8-10-18)15-17-13-5-3-4-6-14(13)20-15/h11-12H,3-10H2,1-2H3. The van der Waals surface area contributed by atoms with Crippen LogP contribution >= 0.6 is 11.3 Å². The summed E-state index contributed by atoms with van der Waals surface area (Å²) in [7, 11) is 0. The van der Waals surface area contributed by atoms with Gasteiger partial charge in [0.1, 0.15) is 0 Å². The molecule has 0 radical (unpaired) electrons. The quantitative estimate of drug-likeness (QED) is 0.837. The van der Waals surface area contributed by atoms with E-state index in [1.165, 1.54) is 41.3 Å². The lowest BCUT2D eigenvalue weighted by molar-refractivity contribution is -0.135. The average molecular weight is 292 g/mol. The fraction of sp³-hybridized carbons (Fsp3) is 0.750. The van der Waals surface area contributed by atoms with Crippen LogP contribution in [0.2, 0.25) is 0 Å². The summed E-state index contributed by atoms with van der Waals surface area (Å²) < 4.78 is 0. The Morgan fingerprint density at radius 2 is 1.95 bits per heavy atom. The molecule has 1 aromatic rings. The smallest absolute Gasteiger partial charge is 0.225 e. The number of hydrogen-bond acceptors (Lipinski definition) is 3. The molecule has 2 heterocycles. The second-order valence-corrected chi connectivity index (χ2v) is 7.50. The van der Waals surface area contributed by atoms with Gasteiger partial charge in [-0.2, -0.15) is 0 Å². The van der Waals surface area contributed by atoms with Crippen LogP contribution in [0.4, 0.5) is 0 Å². The van der Waals surface area contributed by atoms with E-state index in [1.807, 2.05) is 30.1 Å². The molecule has 20 heavy (non-hydrogen) atoms. The predicted molar refractivity (Wildman–Crippen MR) is 82.1 cm³/mol. The van der Waals surface area contributed by atoms with Gasteiger partial charge in [0.2, 0.25) is 5.91 Å². The lowest BCUT2D eigenvalue weighted by Crippen LogP contribution is -2.40. The Bertz CT molecular complexity index is 463. The van der Waals surface area contributed by atoms with Crippen molar-refractivity contribution >= 4 is 17.2 Å². The van der Waals surface area contributed by atoms with Crippen molar-refractivity contribution in [1.29, 1.82) is 0 Å². The highest BCUT2D eigenvalue weighted by Gasteiger charge is 2.28. The Labute approximate surface area is 125 Å². The maximum absolute atomic E-state index is 12.0. The normalized spacial score (nSPS) is 20.2. The highest BCUT2D eigenvalue weighted by molar-refractivity contribution is 7.11. The molecule has 0 unspecified atom stereocenters. The molecule has 1 aliphatic carbocycles. The number of thiazole rings is 1. The van der Waals surface area contributed by atoms with E-state index in [4.69, 9.17) is 4.98 Å². The molecular weight excluding hydrogens is 268 g/mol. The van der Waals surface area contributed by atoms with Gasteiger partial charge >= 0.3 is 0 Å². The number of likely N-dealkylation sites (tertiary alicyclic amines) is 1. The van der Waals surface area contributed by atoms with Gasteiger partial charge in [-0.3, -0.25) is 4.79 Å². The van der Waals surface area contributed by atoms with Gasteiger partial charge in [0.25, 0.3) is 0 Å². The minimum Gasteiger partial charge on any atom is -0.342 e. The van der Waals surface area contributed by atoms with E-state index in [1.54, 1.807) is 0 Å². The third-order valence-electron chi connectivity index (χ3n) is 4.51. The molecule has 0 N–H and O–H groups in total. The van der Waals surface area contributed by atoms with Crippen molar-refractivity contribution < 1.29 is 4.79 Å². The number of amides is 1. The van der Waals surface area contributed by atoms with E-state index in [0.29, 0.717) is 11.8 Å². The summed E-state index contributed by atoms with van der Waals surface area (Å²) in [5.41, 5.74) is 1.37. The van der Waals surface area contributed by atoms with E-state index in [-0.39, 0.29) is 5.92 Å². The van der Waals surface area contributed by atoms with E-state index in [0.717, 1.165) is 25.9 Å². The largest absolute Gasteiger partial charge is 0.342 e. The lowest BCUT2D eigenvalue weighted by Gasteiger charge is -2.32. The lowest BCUT2D eigenvalue weighted by atomic mass is 9.96. The number of nitrogens with zero attached hydrogens (tertiary/aromatic N) is 2. The van der Waals surface area contributed by atoms with Crippen LogP contribution in [-0.2, 0) is 17.6 Å². The molecular formula is C16H24N2OS. The molecule has 1 fully saturated rings. The maximum Gasteiger partial charge on any atom is 0.225 e. The van der Waals surface area contributed by atoms with Crippen molar-refractivity contribution in [3.05, 3.63) is 15.6 Å². The highest BCUT2D eigenvalue weighted by Crippen LogP contribution is 2.35. The molecule has 0 aromatic carbocycles. The molecule has 1 saturated heterocycles. The molecule has 2 aliphatic rings. The van der Waals surface area contributed by atoms with E-state index in [9.17, 15) is 4.79 Å². The van der Waals surface area contributed by atoms with Crippen LogP contribution in [0.25, 0.3) is 0 Å². The van der Waals surface area contributed by atoms with Crippen LogP contribution < -0.4 is 0 Å². The van der Waals surface area contributed by atoms with Crippen LogP contribution in [0.3, 0.4) is 0 Å². The van der Waals surface area contributed by atoms with Gasteiger partial charge in [-0.15, -0.1) is 11.3 Å². The van der Waals surface area contributed by atoms with E-state index in [2.05, 4.69) is 0 Å². The van der Waals surface area contributed by atoms with Crippen LogP contribution in [0, 0.1) is 5.92 Å². The van der Waals surface area contributed by atoms with Crippen molar-refractivity contribution in [3.8, 4) is 0 Å². The third kappa shape index (κ3) is 2.76. The molecule has 1 amide bonds. The van der Waals surface area contributed by atoms with Crippen molar-refractivity contribution in [3.63, 3.8) is 0 Å². The minimum absolute atomic E-state index is 0.124. The number of aryl methyl sites for hydroxylation is 2. The first-order valence-electron chi connectivity index (χ1n) is 7.92. The molecule has 1 aliphatic heterocycles. The first-order valence-corrected chi connectivity index (χ1v) is 8.74. The minimum atomic E-state index is 0.124. The summed E-state index contributed by atoms with van der Waals surface area (Å²) in [6.45, 7) is 5.80. The monoisotopic (exact) mass is 292 g/mol. The number of carbonyl (C=O) groups excluding carboxylic acids is 1. The average Bonchev–Trinajstić information content (AvgIpc) is 2.90. The molecule has 3 nitrogen and oxygen atoms in total. The van der Waals surface area contributed by atoms with Crippen LogP contribution in [0.1, 0.15) is 61.0 Å². The fourth-order valence-electron chi connectivity index (χ4n) is 3.26. The number of aromatic nitrogens is 1. The van der Waals surface area contributed by atoms with Crippen molar-refractivity contribution in [2.75, 3.05) is 13.1 Å². The van der Waals surface area contributed by atoms with Gasteiger partial charge in [0.05, 0.1) is 10.7 Å². The summed E-state index contributed by atoms with van der Waals surface area (Å²) in [6.07, 6.45) is 7.22. The number of piperidine rings is 1. The zero-order valence-electron chi connectivity index (χ0n) is 12.5. The van der Waals surface area contributed by atoms with Crippen molar-refractivity contribution in [1.82, 2.24) is 9.88 Å². The summed E-state index contributed by atoms with van der Waals surface area (Å²) in [5.74, 6) is 1.02. The van der Waals surface area contributed by atoms with Gasteiger partial charge in [-0.05, 0) is 38.5 Å². The Hall–Kier alpha value is -0.900. The molecule has 1 aromatic heterocycles. The summed E-state index contributed by atoms with van der Waals surface area (Å²) in [6, 6.07) is 0. The maximum atomic E-state index is 12.0. The topological polar surface area (TPSA) is 33.2 Å². The molecule has 0 spiro atoms. The summed E-state index contributed by atoms with van der Waals surface area (Å²) in [5, 5.41) is 1.34. The number of hydrogen-bond donors (Lipinski definition) is 0. The Morgan fingerprint density at radius 1 is 1.25 bits per heavy atom. The third-order valence-corrected chi connectivity index (χ3v) is 5.83. The summed E-state index contributed by atoms with van der Waals surface area (Å²) >= 11 is 1.94. The van der Waals surface area contributed by atoms with Crippen LogP contribution in [0.15, 0.2) is 0 Å². The number of rotatable bonds is 2.